The molecule has 0 amide bonds. The van der Waals surface area contributed by atoms with E-state index in [4.69, 9.17) is 21.1 Å². The number of rotatable bonds is 8. The quantitative estimate of drug-likeness (QED) is 0.283. The lowest BCUT2D eigenvalue weighted by molar-refractivity contribution is 0.0526. The second-order valence-corrected chi connectivity index (χ2v) is 7.91. The van der Waals surface area contributed by atoms with Crippen molar-refractivity contribution in [2.45, 2.75) is 20.0 Å². The molecule has 0 aliphatic rings. The molecule has 0 fully saturated rings. The second kappa shape index (κ2) is 10.5. The lowest BCUT2D eigenvalue weighted by Gasteiger charge is -2.15. The van der Waals surface area contributed by atoms with Crippen LogP contribution in [0.25, 0.3) is 5.69 Å². The zero-order valence-electron chi connectivity index (χ0n) is 18.3. The fourth-order valence-corrected chi connectivity index (χ4v) is 3.71. The molecule has 0 aliphatic heterocycles. The van der Waals surface area contributed by atoms with Crippen molar-refractivity contribution in [3.63, 3.8) is 0 Å². The summed E-state index contributed by atoms with van der Waals surface area (Å²) in [4.78, 5) is 16.3. The van der Waals surface area contributed by atoms with Gasteiger partial charge in [-0.3, -0.25) is 4.98 Å². The zero-order valence-corrected chi connectivity index (χ0v) is 19.1. The van der Waals surface area contributed by atoms with E-state index in [1.54, 1.807) is 37.4 Å². The van der Waals surface area contributed by atoms with Crippen LogP contribution in [0.5, 0.6) is 5.75 Å². The fourth-order valence-electron chi connectivity index (χ4n) is 3.51. The Morgan fingerprint density at radius 3 is 2.71 bits per heavy atom. The maximum Gasteiger partial charge on any atom is 0.339 e. The van der Waals surface area contributed by atoms with Crippen LogP contribution in [0.4, 0.5) is 8.78 Å². The Labute approximate surface area is 200 Å². The summed E-state index contributed by atoms with van der Waals surface area (Å²) >= 11 is 6.23. The van der Waals surface area contributed by atoms with Crippen LogP contribution in [0.15, 0.2) is 73.2 Å². The molecule has 2 aromatic carbocycles. The van der Waals surface area contributed by atoms with Crippen LogP contribution in [0, 0.1) is 11.6 Å². The highest BCUT2D eigenvalue weighted by Crippen LogP contribution is 2.28. The summed E-state index contributed by atoms with van der Waals surface area (Å²) in [7, 11) is 0. The van der Waals surface area contributed by atoms with Crippen LogP contribution in [-0.4, -0.2) is 22.1 Å². The van der Waals surface area contributed by atoms with E-state index in [9.17, 15) is 13.6 Å². The van der Waals surface area contributed by atoms with E-state index in [1.807, 2.05) is 22.9 Å². The molecule has 0 radical (unpaired) electrons. The molecule has 174 valence electrons. The van der Waals surface area contributed by atoms with Crippen molar-refractivity contribution >= 4 is 17.6 Å². The van der Waals surface area contributed by atoms with E-state index in [0.29, 0.717) is 28.4 Å². The van der Waals surface area contributed by atoms with E-state index < -0.39 is 17.6 Å². The van der Waals surface area contributed by atoms with Gasteiger partial charge in [-0.05, 0) is 55.5 Å². The molecule has 8 heteroatoms. The lowest BCUT2D eigenvalue weighted by Crippen LogP contribution is -2.08. The number of carbonyl (C=O) groups is 1. The summed E-state index contributed by atoms with van der Waals surface area (Å²) in [6.07, 6.45) is 5.42. The molecule has 0 bridgehead atoms. The van der Waals surface area contributed by atoms with Gasteiger partial charge in [0.2, 0.25) is 0 Å². The Kier molecular flexibility index (Phi) is 7.23. The minimum atomic E-state index is -0.668. The summed E-state index contributed by atoms with van der Waals surface area (Å²) < 4.78 is 40.0. The van der Waals surface area contributed by atoms with Crippen LogP contribution in [0.1, 0.15) is 34.1 Å². The average molecular weight is 483 g/mol. The first kappa shape index (κ1) is 23.4. The SMILES string of the molecule is CCOC(=O)c1cncc(-n2cccc2Cc2cc(Cl)ccc2OCc2ccc(F)cc2F)c1. The molecule has 4 aromatic rings. The fraction of sp³-hybridized carbons (Fsp3) is 0.154. The first-order valence-corrected chi connectivity index (χ1v) is 11.0. The predicted octanol–water partition coefficient (Wildman–Crippen LogP) is 6.15. The van der Waals surface area contributed by atoms with Gasteiger partial charge in [-0.15, -0.1) is 0 Å². The molecular weight excluding hydrogens is 462 g/mol. The molecule has 0 N–H and O–H groups in total. The van der Waals surface area contributed by atoms with Gasteiger partial charge >= 0.3 is 5.97 Å². The minimum absolute atomic E-state index is 0.0622. The number of hydrogen-bond acceptors (Lipinski definition) is 4. The second-order valence-electron chi connectivity index (χ2n) is 7.48. The van der Waals surface area contributed by atoms with Gasteiger partial charge in [0.15, 0.2) is 0 Å². The summed E-state index contributed by atoms with van der Waals surface area (Å²) in [5.74, 6) is -1.22. The summed E-state index contributed by atoms with van der Waals surface area (Å²) in [5.41, 5.74) is 2.97. The third kappa shape index (κ3) is 5.43. The van der Waals surface area contributed by atoms with Crippen LogP contribution in [0.3, 0.4) is 0 Å². The third-order valence-corrected chi connectivity index (χ3v) is 5.37. The number of pyridine rings is 1. The summed E-state index contributed by atoms with van der Waals surface area (Å²) in [6.45, 7) is 1.96. The van der Waals surface area contributed by atoms with Gasteiger partial charge < -0.3 is 14.0 Å². The van der Waals surface area contributed by atoms with Crippen molar-refractivity contribution in [3.8, 4) is 11.4 Å². The van der Waals surface area contributed by atoms with Crippen molar-refractivity contribution in [1.29, 1.82) is 0 Å². The van der Waals surface area contributed by atoms with Crippen molar-refractivity contribution in [2.24, 2.45) is 0 Å². The van der Waals surface area contributed by atoms with Crippen molar-refractivity contribution in [3.05, 3.63) is 112 Å². The molecule has 0 spiro atoms. The highest BCUT2D eigenvalue weighted by Gasteiger charge is 2.14. The molecular formula is C26H21ClF2N2O3. The Morgan fingerprint density at radius 2 is 1.91 bits per heavy atom. The van der Waals surface area contributed by atoms with Crippen LogP contribution in [-0.2, 0) is 17.8 Å². The van der Waals surface area contributed by atoms with Crippen molar-refractivity contribution in [1.82, 2.24) is 9.55 Å². The highest BCUT2D eigenvalue weighted by molar-refractivity contribution is 6.30. The van der Waals surface area contributed by atoms with E-state index in [-0.39, 0.29) is 18.8 Å². The van der Waals surface area contributed by atoms with Gasteiger partial charge in [-0.2, -0.15) is 0 Å². The Balaban J connectivity index is 1.59. The highest BCUT2D eigenvalue weighted by atomic mass is 35.5. The molecule has 0 saturated carbocycles. The molecule has 5 nitrogen and oxygen atoms in total. The van der Waals surface area contributed by atoms with E-state index >= 15 is 0 Å². The Morgan fingerprint density at radius 1 is 1.06 bits per heavy atom. The van der Waals surface area contributed by atoms with E-state index in [0.717, 1.165) is 17.3 Å². The molecule has 34 heavy (non-hydrogen) atoms. The largest absolute Gasteiger partial charge is 0.489 e. The van der Waals surface area contributed by atoms with Crippen molar-refractivity contribution in [2.75, 3.05) is 6.61 Å². The van der Waals surface area contributed by atoms with Gasteiger partial charge in [0.1, 0.15) is 24.0 Å². The number of carbonyl (C=O) groups excluding carboxylic acids is 1. The molecule has 2 aromatic heterocycles. The number of nitrogens with zero attached hydrogens (tertiary/aromatic N) is 2. The summed E-state index contributed by atoms with van der Waals surface area (Å²) in [5, 5.41) is 0.527. The van der Waals surface area contributed by atoms with Gasteiger partial charge in [0.05, 0.1) is 24.1 Å². The van der Waals surface area contributed by atoms with E-state index in [2.05, 4.69) is 4.98 Å². The first-order chi connectivity index (χ1) is 16.4. The first-order valence-electron chi connectivity index (χ1n) is 10.6. The molecule has 2 heterocycles. The molecule has 0 aliphatic carbocycles. The topological polar surface area (TPSA) is 53.3 Å². The zero-order chi connectivity index (χ0) is 24.1. The normalized spacial score (nSPS) is 10.8. The van der Waals surface area contributed by atoms with E-state index in [1.165, 1.54) is 18.3 Å². The number of ether oxygens (including phenoxy) is 2. The van der Waals surface area contributed by atoms with Crippen LogP contribution < -0.4 is 4.74 Å². The molecule has 0 unspecified atom stereocenters. The van der Waals surface area contributed by atoms with Crippen LogP contribution in [0.2, 0.25) is 5.02 Å². The lowest BCUT2D eigenvalue weighted by atomic mass is 10.1. The molecule has 4 rings (SSSR count). The maximum absolute atomic E-state index is 14.0. The number of aromatic nitrogens is 2. The number of benzene rings is 2. The van der Waals surface area contributed by atoms with Gasteiger partial charge in [0, 0.05) is 46.7 Å². The van der Waals surface area contributed by atoms with Gasteiger partial charge in [-0.1, -0.05) is 11.6 Å². The summed E-state index contributed by atoms with van der Waals surface area (Å²) in [6, 6.07) is 14.1. The van der Waals surface area contributed by atoms with Crippen LogP contribution >= 0.6 is 11.6 Å². The van der Waals surface area contributed by atoms with Gasteiger partial charge in [0.25, 0.3) is 0 Å². The monoisotopic (exact) mass is 482 g/mol. The smallest absolute Gasteiger partial charge is 0.339 e. The number of halogens is 3. The average Bonchev–Trinajstić information content (AvgIpc) is 3.28. The predicted molar refractivity (Wildman–Crippen MR) is 124 cm³/mol. The minimum Gasteiger partial charge on any atom is -0.489 e. The van der Waals surface area contributed by atoms with Crippen molar-refractivity contribution < 1.29 is 23.0 Å². The standard InChI is InChI=1S/C26H21ClF2N2O3/c1-2-33-26(32)19-12-23(15-30-14-19)31-9-3-4-22(31)11-18-10-20(27)6-8-25(18)34-16-17-5-7-21(28)13-24(17)29/h3-10,12-15H,2,11,16H2,1H3. The molecule has 0 saturated heterocycles. The molecule has 0 atom stereocenters. The third-order valence-electron chi connectivity index (χ3n) is 5.14. The number of hydrogen-bond donors (Lipinski definition) is 0. The maximum atomic E-state index is 14.0. The Hall–Kier alpha value is -3.71. The van der Waals surface area contributed by atoms with Gasteiger partial charge in [-0.25, -0.2) is 13.6 Å². The number of esters is 1. The Bertz CT molecular complexity index is 1320.